The predicted molar refractivity (Wildman–Crippen MR) is 87.7 cm³/mol. The van der Waals surface area contributed by atoms with E-state index in [1.807, 2.05) is 11.7 Å². The summed E-state index contributed by atoms with van der Waals surface area (Å²) in [5, 5.41) is 9.26. The van der Waals surface area contributed by atoms with E-state index in [9.17, 15) is 0 Å². The third kappa shape index (κ3) is 2.87. The normalized spacial score (nSPS) is 28.7. The molecule has 1 aromatic rings. The van der Waals surface area contributed by atoms with Gasteiger partial charge in [-0.3, -0.25) is 4.68 Å². The number of hydrogen-bond donors (Lipinski definition) is 1. The van der Waals surface area contributed by atoms with Crippen LogP contribution in [0.25, 0.3) is 0 Å². The van der Waals surface area contributed by atoms with Crippen molar-refractivity contribution in [1.29, 1.82) is 0 Å². The first-order chi connectivity index (χ1) is 10.2. The van der Waals surface area contributed by atoms with Crippen LogP contribution < -0.4 is 5.32 Å². The van der Waals surface area contributed by atoms with E-state index in [1.165, 1.54) is 31.4 Å². The fraction of sp³-hybridized carbons (Fsp3) is 0.824. The highest BCUT2D eigenvalue weighted by Crippen LogP contribution is 2.59. The number of hydrogen-bond acceptors (Lipinski definition) is 2. The Kier molecular flexibility index (Phi) is 4.60. The van der Waals surface area contributed by atoms with Crippen molar-refractivity contribution in [1.82, 2.24) is 15.1 Å². The summed E-state index contributed by atoms with van der Waals surface area (Å²) in [6.45, 7) is 5.47. The molecule has 0 radical (unpaired) electrons. The smallest absolute Gasteiger partial charge is 0.0850 e. The van der Waals surface area contributed by atoms with Crippen molar-refractivity contribution >= 4 is 11.6 Å². The molecule has 118 valence electrons. The third-order valence-electron chi connectivity index (χ3n) is 5.51. The van der Waals surface area contributed by atoms with E-state index in [-0.39, 0.29) is 0 Å². The summed E-state index contributed by atoms with van der Waals surface area (Å²) in [6.07, 6.45) is 7.46. The minimum Gasteiger partial charge on any atom is -0.313 e. The average molecular weight is 310 g/mol. The average Bonchev–Trinajstić information content (AvgIpc) is 2.82. The molecule has 2 aliphatic rings. The number of nitrogens with one attached hydrogen (secondary N) is 1. The monoisotopic (exact) mass is 309 g/mol. The quantitative estimate of drug-likeness (QED) is 0.834. The molecule has 3 nitrogen and oxygen atoms in total. The molecule has 1 heterocycles. The largest absolute Gasteiger partial charge is 0.313 e. The molecule has 0 saturated heterocycles. The summed E-state index contributed by atoms with van der Waals surface area (Å²) in [4.78, 5) is 0. The lowest BCUT2D eigenvalue weighted by molar-refractivity contribution is 0.396. The Hall–Kier alpha value is -0.540. The van der Waals surface area contributed by atoms with E-state index in [0.29, 0.717) is 6.04 Å². The van der Waals surface area contributed by atoms with Crippen LogP contribution in [0.5, 0.6) is 0 Å². The maximum atomic E-state index is 6.54. The van der Waals surface area contributed by atoms with Gasteiger partial charge in [0.1, 0.15) is 0 Å². The van der Waals surface area contributed by atoms with Crippen molar-refractivity contribution in [3.63, 3.8) is 0 Å². The van der Waals surface area contributed by atoms with Crippen molar-refractivity contribution in [2.24, 2.45) is 24.8 Å². The van der Waals surface area contributed by atoms with Crippen LogP contribution in [0.2, 0.25) is 5.02 Å². The number of fused-ring (bicyclic) bond motifs is 1. The highest BCUT2D eigenvalue weighted by Gasteiger charge is 2.55. The van der Waals surface area contributed by atoms with Crippen LogP contribution in [0.3, 0.4) is 0 Å². The van der Waals surface area contributed by atoms with Crippen LogP contribution in [0.4, 0.5) is 0 Å². The van der Waals surface area contributed by atoms with Crippen LogP contribution in [0.15, 0.2) is 0 Å². The standard InChI is InChI=1S/C17H28ClN3/c1-4-9-19-14(16-11-7-6-8-12(11)16)10-15-17(18)13(5-2)20-21(15)3/h11-12,14,16,19H,4-10H2,1-3H3. The van der Waals surface area contributed by atoms with E-state index >= 15 is 0 Å². The zero-order valence-corrected chi connectivity index (χ0v) is 14.3. The summed E-state index contributed by atoms with van der Waals surface area (Å²) < 4.78 is 2.00. The minimum absolute atomic E-state index is 0.581. The van der Waals surface area contributed by atoms with Gasteiger partial charge in [0.05, 0.1) is 16.4 Å². The zero-order valence-electron chi connectivity index (χ0n) is 13.5. The minimum atomic E-state index is 0.581. The van der Waals surface area contributed by atoms with Crippen LogP contribution in [0.1, 0.15) is 50.9 Å². The van der Waals surface area contributed by atoms with Crippen molar-refractivity contribution in [3.05, 3.63) is 16.4 Å². The predicted octanol–water partition coefficient (Wildman–Crippen LogP) is 3.59. The molecule has 0 spiro atoms. The Labute approximate surface area is 133 Å². The molecule has 0 amide bonds. The van der Waals surface area contributed by atoms with Gasteiger partial charge in [0.25, 0.3) is 0 Å². The van der Waals surface area contributed by atoms with Gasteiger partial charge in [0.2, 0.25) is 0 Å². The second-order valence-electron chi connectivity index (χ2n) is 6.79. The first-order valence-corrected chi connectivity index (χ1v) is 8.98. The summed E-state index contributed by atoms with van der Waals surface area (Å²) in [5.41, 5.74) is 2.26. The Morgan fingerprint density at radius 3 is 2.62 bits per heavy atom. The van der Waals surface area contributed by atoms with Gasteiger partial charge in [-0.1, -0.05) is 31.9 Å². The molecule has 3 atom stereocenters. The molecular weight excluding hydrogens is 282 g/mol. The Balaban J connectivity index is 1.74. The lowest BCUT2D eigenvalue weighted by Crippen LogP contribution is -2.36. The van der Waals surface area contributed by atoms with Crippen molar-refractivity contribution in [3.8, 4) is 0 Å². The van der Waals surface area contributed by atoms with Gasteiger partial charge in [0, 0.05) is 19.5 Å². The van der Waals surface area contributed by atoms with Gasteiger partial charge < -0.3 is 5.32 Å². The van der Waals surface area contributed by atoms with Crippen molar-refractivity contribution < 1.29 is 0 Å². The molecular formula is C17H28ClN3. The molecule has 1 N–H and O–H groups in total. The second kappa shape index (κ2) is 6.29. The van der Waals surface area contributed by atoms with Crippen LogP contribution >= 0.6 is 11.6 Å². The molecule has 2 saturated carbocycles. The molecule has 0 aromatic carbocycles. The van der Waals surface area contributed by atoms with E-state index in [0.717, 1.165) is 47.9 Å². The van der Waals surface area contributed by atoms with Gasteiger partial charge in [-0.25, -0.2) is 0 Å². The number of nitrogens with zero attached hydrogens (tertiary/aromatic N) is 2. The molecule has 2 aliphatic carbocycles. The summed E-state index contributed by atoms with van der Waals surface area (Å²) in [7, 11) is 2.03. The number of aryl methyl sites for hydroxylation is 2. The van der Waals surface area contributed by atoms with Crippen molar-refractivity contribution in [2.75, 3.05) is 6.54 Å². The molecule has 0 bridgehead atoms. The first kappa shape index (κ1) is 15.4. The maximum Gasteiger partial charge on any atom is 0.0850 e. The Morgan fingerprint density at radius 2 is 2.05 bits per heavy atom. The Bertz CT molecular complexity index is 486. The molecule has 3 rings (SSSR count). The summed E-state index contributed by atoms with van der Waals surface area (Å²) >= 11 is 6.54. The number of rotatable bonds is 7. The molecule has 3 unspecified atom stereocenters. The molecule has 2 fully saturated rings. The second-order valence-corrected chi connectivity index (χ2v) is 7.16. The maximum absolute atomic E-state index is 6.54. The lowest BCUT2D eigenvalue weighted by Gasteiger charge is -2.21. The van der Waals surface area contributed by atoms with Gasteiger partial charge >= 0.3 is 0 Å². The van der Waals surface area contributed by atoms with Crippen LogP contribution in [-0.4, -0.2) is 22.4 Å². The zero-order chi connectivity index (χ0) is 15.0. The van der Waals surface area contributed by atoms with E-state index < -0.39 is 0 Å². The third-order valence-corrected chi connectivity index (χ3v) is 5.95. The lowest BCUT2D eigenvalue weighted by atomic mass is 9.99. The van der Waals surface area contributed by atoms with Gasteiger partial charge in [0.15, 0.2) is 0 Å². The summed E-state index contributed by atoms with van der Waals surface area (Å²) in [5.74, 6) is 2.84. The highest BCUT2D eigenvalue weighted by molar-refractivity contribution is 6.31. The van der Waals surface area contributed by atoms with Crippen LogP contribution in [0, 0.1) is 17.8 Å². The highest BCUT2D eigenvalue weighted by atomic mass is 35.5. The fourth-order valence-corrected chi connectivity index (χ4v) is 4.77. The number of halogens is 1. The van der Waals surface area contributed by atoms with E-state index in [4.69, 9.17) is 11.6 Å². The molecule has 0 aliphatic heterocycles. The van der Waals surface area contributed by atoms with Crippen molar-refractivity contribution in [2.45, 2.75) is 58.4 Å². The van der Waals surface area contributed by atoms with Gasteiger partial charge in [-0.05, 0) is 50.0 Å². The van der Waals surface area contributed by atoms with E-state index in [1.54, 1.807) is 0 Å². The SMILES string of the molecule is CCCNC(Cc1c(Cl)c(CC)nn1C)C1C2CCCC21. The fourth-order valence-electron chi connectivity index (χ4n) is 4.40. The summed E-state index contributed by atoms with van der Waals surface area (Å²) in [6, 6.07) is 0.581. The molecule has 4 heteroatoms. The van der Waals surface area contributed by atoms with E-state index in [2.05, 4.69) is 24.3 Å². The molecule has 1 aromatic heterocycles. The first-order valence-electron chi connectivity index (χ1n) is 8.61. The Morgan fingerprint density at radius 1 is 1.33 bits per heavy atom. The molecule has 21 heavy (non-hydrogen) atoms. The number of aromatic nitrogens is 2. The topological polar surface area (TPSA) is 29.9 Å². The van der Waals surface area contributed by atoms with Crippen LogP contribution in [-0.2, 0) is 19.9 Å². The van der Waals surface area contributed by atoms with Gasteiger partial charge in [-0.15, -0.1) is 0 Å². The van der Waals surface area contributed by atoms with Gasteiger partial charge in [-0.2, -0.15) is 5.10 Å².